The van der Waals surface area contributed by atoms with Crippen molar-refractivity contribution < 1.29 is 24.5 Å². The van der Waals surface area contributed by atoms with Crippen molar-refractivity contribution in [2.75, 3.05) is 7.11 Å². The minimum atomic E-state index is -2.19. The number of hydrogen-bond acceptors (Lipinski definition) is 7. The van der Waals surface area contributed by atoms with E-state index in [1.54, 1.807) is 12.1 Å². The topological polar surface area (TPSA) is 102 Å². The average Bonchev–Trinajstić information content (AvgIpc) is 3.45. The van der Waals surface area contributed by atoms with Crippen LogP contribution < -0.4 is 9.47 Å². The molecule has 2 aliphatic rings. The summed E-state index contributed by atoms with van der Waals surface area (Å²) in [5.41, 5.74) is -0.633. The zero-order valence-corrected chi connectivity index (χ0v) is 26.7. The summed E-state index contributed by atoms with van der Waals surface area (Å²) in [6.45, 7) is 0. The summed E-state index contributed by atoms with van der Waals surface area (Å²) >= 11 is 9.90. The number of Topliss-reactive ketones (excluding diaryl/α,β-unsaturated/α-hetero) is 1. The number of benzene rings is 4. The molecule has 2 aromatic heterocycles. The zero-order valence-electron chi connectivity index (χ0n) is 24.4. The molecule has 5 atom stereocenters. The Kier molecular flexibility index (Phi) is 6.71. The molecule has 7 nitrogen and oxygen atoms in total. The number of halogens is 2. The average molecular weight is 694 g/mol. The maximum Gasteiger partial charge on any atom is 0.224 e. The van der Waals surface area contributed by atoms with E-state index in [1.807, 2.05) is 91.0 Å². The highest BCUT2D eigenvalue weighted by Gasteiger charge is 2.78. The number of hydrogen-bond donors (Lipinski definition) is 2. The van der Waals surface area contributed by atoms with Crippen molar-refractivity contribution in [3.8, 4) is 11.6 Å². The van der Waals surface area contributed by atoms with E-state index in [0.29, 0.717) is 27.6 Å². The summed E-state index contributed by atoms with van der Waals surface area (Å²) in [5.74, 6) is -2.17. The number of ketones is 1. The van der Waals surface area contributed by atoms with Crippen LogP contribution in [0, 0.1) is 5.92 Å². The Balaban J connectivity index is 1.43. The van der Waals surface area contributed by atoms with Crippen LogP contribution in [0.5, 0.6) is 11.6 Å². The Labute approximate surface area is 277 Å². The molecule has 228 valence electrons. The number of aliphatic hydroxyl groups excluding tert-OH is 1. The zero-order chi connectivity index (χ0) is 31.8. The third kappa shape index (κ3) is 3.94. The second kappa shape index (κ2) is 10.6. The van der Waals surface area contributed by atoms with Gasteiger partial charge in [-0.1, -0.05) is 100 Å². The Bertz CT molecular complexity index is 2180. The van der Waals surface area contributed by atoms with Gasteiger partial charge in [0.2, 0.25) is 5.88 Å². The SMILES string of the molecule is COc1nc(Cl)cc2c1[C@]1(O)[C@H](O)[C@H](C(=O)c3cccc4nc5ccccc5cc34)[C@@H](c3ccccc3)[C@]1(c1ccc(Br)cc1)O2. The first-order valence-electron chi connectivity index (χ1n) is 14.8. The standard InChI is InChI=1S/C37H26BrClN2O5/c1-45-35-32-28(19-29(39)41-35)46-37(22-14-16-23(38)17-15-22)31(20-8-3-2-4-9-20)30(34(43)36(32,37)44)33(42)24-11-7-13-27-25(24)18-21-10-5-6-12-26(21)40-27/h2-19,30-31,34,43-44H,1H3/t30-,31+,34+,36-,37-/m0/s1. The lowest BCUT2D eigenvalue weighted by molar-refractivity contribution is -0.151. The fourth-order valence-corrected chi connectivity index (χ4v) is 8.04. The van der Waals surface area contributed by atoms with E-state index in [1.165, 1.54) is 13.2 Å². The number of fused-ring (bicyclic) bond motifs is 5. The van der Waals surface area contributed by atoms with Crippen molar-refractivity contribution in [1.29, 1.82) is 0 Å². The van der Waals surface area contributed by atoms with Gasteiger partial charge in [-0.25, -0.2) is 9.97 Å². The van der Waals surface area contributed by atoms with E-state index < -0.39 is 29.1 Å². The number of rotatable bonds is 5. The minimum absolute atomic E-state index is 0.00350. The fraction of sp³-hybridized carbons (Fsp3) is 0.162. The van der Waals surface area contributed by atoms with Crippen molar-refractivity contribution in [3.63, 3.8) is 0 Å². The Hall–Kier alpha value is -4.34. The Morgan fingerprint density at radius 1 is 0.913 bits per heavy atom. The van der Waals surface area contributed by atoms with Crippen LogP contribution in [-0.2, 0) is 11.2 Å². The third-order valence-corrected chi connectivity index (χ3v) is 10.2. The summed E-state index contributed by atoms with van der Waals surface area (Å²) in [4.78, 5) is 24.2. The molecule has 6 aromatic rings. The van der Waals surface area contributed by atoms with E-state index in [4.69, 9.17) is 26.1 Å². The van der Waals surface area contributed by atoms with Gasteiger partial charge in [0.1, 0.15) is 17.0 Å². The van der Waals surface area contributed by atoms with E-state index in [0.717, 1.165) is 15.4 Å². The Morgan fingerprint density at radius 3 is 2.39 bits per heavy atom. The van der Waals surface area contributed by atoms with Gasteiger partial charge >= 0.3 is 0 Å². The lowest BCUT2D eigenvalue weighted by Crippen LogP contribution is -2.52. The highest BCUT2D eigenvalue weighted by molar-refractivity contribution is 9.10. The van der Waals surface area contributed by atoms with Crippen LogP contribution in [0.25, 0.3) is 21.8 Å². The highest BCUT2D eigenvalue weighted by Crippen LogP contribution is 2.70. The van der Waals surface area contributed by atoms with Gasteiger partial charge in [0.15, 0.2) is 17.0 Å². The van der Waals surface area contributed by atoms with E-state index in [2.05, 4.69) is 20.9 Å². The van der Waals surface area contributed by atoms with Crippen LogP contribution in [0.1, 0.15) is 33.0 Å². The van der Waals surface area contributed by atoms with Gasteiger partial charge in [-0.15, -0.1) is 0 Å². The van der Waals surface area contributed by atoms with Gasteiger partial charge in [0.05, 0.1) is 29.6 Å². The molecule has 2 N–H and O–H groups in total. The van der Waals surface area contributed by atoms with Gasteiger partial charge in [-0.2, -0.15) is 0 Å². The largest absolute Gasteiger partial charge is 0.481 e. The molecule has 9 heteroatoms. The number of nitrogens with zero attached hydrogens (tertiary/aromatic N) is 2. The predicted molar refractivity (Wildman–Crippen MR) is 178 cm³/mol. The maximum atomic E-state index is 15.1. The van der Waals surface area contributed by atoms with Crippen molar-refractivity contribution in [2.45, 2.75) is 23.2 Å². The van der Waals surface area contributed by atoms with Crippen LogP contribution in [0.3, 0.4) is 0 Å². The number of ether oxygens (including phenoxy) is 2. The summed E-state index contributed by atoms with van der Waals surface area (Å²) in [5, 5.41) is 27.3. The number of aliphatic hydroxyl groups is 2. The number of pyridine rings is 2. The molecule has 1 aliphatic heterocycles. The molecular formula is C37H26BrClN2O5. The van der Waals surface area contributed by atoms with Crippen LogP contribution in [0.4, 0.5) is 0 Å². The van der Waals surface area contributed by atoms with Gasteiger partial charge < -0.3 is 19.7 Å². The maximum absolute atomic E-state index is 15.1. The monoisotopic (exact) mass is 692 g/mol. The smallest absolute Gasteiger partial charge is 0.224 e. The second-order valence-corrected chi connectivity index (χ2v) is 13.0. The van der Waals surface area contributed by atoms with Crippen LogP contribution in [-0.4, -0.2) is 39.2 Å². The second-order valence-electron chi connectivity index (χ2n) is 11.7. The van der Waals surface area contributed by atoms with Gasteiger partial charge in [0.25, 0.3) is 0 Å². The number of aromatic nitrogens is 2. The predicted octanol–water partition coefficient (Wildman–Crippen LogP) is 7.34. The fourth-order valence-electron chi connectivity index (χ4n) is 7.60. The summed E-state index contributed by atoms with van der Waals surface area (Å²) in [6, 6.07) is 33.3. The number of carbonyl (C=O) groups is 1. The van der Waals surface area contributed by atoms with Crippen LogP contribution >= 0.6 is 27.5 Å². The molecule has 46 heavy (non-hydrogen) atoms. The van der Waals surface area contributed by atoms with Crippen molar-refractivity contribution in [3.05, 3.63) is 141 Å². The normalized spacial score (nSPS) is 24.8. The molecule has 1 aliphatic carbocycles. The summed E-state index contributed by atoms with van der Waals surface area (Å²) in [6.07, 6.45) is -1.66. The molecule has 0 bridgehead atoms. The molecule has 1 fully saturated rings. The van der Waals surface area contributed by atoms with Gasteiger partial charge in [-0.05, 0) is 41.5 Å². The number of para-hydroxylation sites is 1. The van der Waals surface area contributed by atoms with Crippen molar-refractivity contribution in [2.24, 2.45) is 5.92 Å². The molecule has 0 saturated heterocycles. The lowest BCUT2D eigenvalue weighted by Gasteiger charge is -2.40. The molecule has 0 amide bonds. The van der Waals surface area contributed by atoms with Gasteiger partial charge in [-0.3, -0.25) is 4.79 Å². The molecule has 1 saturated carbocycles. The minimum Gasteiger partial charge on any atom is -0.481 e. The first-order valence-corrected chi connectivity index (χ1v) is 15.9. The Morgan fingerprint density at radius 2 is 1.63 bits per heavy atom. The molecule has 0 radical (unpaired) electrons. The molecule has 8 rings (SSSR count). The van der Waals surface area contributed by atoms with Crippen LogP contribution in [0.15, 0.2) is 114 Å². The van der Waals surface area contributed by atoms with E-state index in [9.17, 15) is 10.2 Å². The van der Waals surface area contributed by atoms with E-state index in [-0.39, 0.29) is 28.1 Å². The first-order chi connectivity index (χ1) is 22.3. The number of methoxy groups -OCH3 is 1. The molecule has 3 heterocycles. The highest BCUT2D eigenvalue weighted by atomic mass is 79.9. The lowest BCUT2D eigenvalue weighted by atomic mass is 9.70. The van der Waals surface area contributed by atoms with Crippen LogP contribution in [0.2, 0.25) is 5.15 Å². The van der Waals surface area contributed by atoms with E-state index >= 15 is 4.79 Å². The third-order valence-electron chi connectivity index (χ3n) is 9.46. The van der Waals surface area contributed by atoms with Gasteiger partial charge in [0, 0.05) is 32.8 Å². The summed E-state index contributed by atoms with van der Waals surface area (Å²) in [7, 11) is 1.41. The summed E-state index contributed by atoms with van der Waals surface area (Å²) < 4.78 is 13.3. The first kappa shape index (κ1) is 29.1. The number of carbonyl (C=O) groups excluding carboxylic acids is 1. The molecule has 4 aromatic carbocycles. The van der Waals surface area contributed by atoms with Crippen molar-refractivity contribution in [1.82, 2.24) is 9.97 Å². The molecular weight excluding hydrogens is 668 g/mol. The van der Waals surface area contributed by atoms with Crippen molar-refractivity contribution >= 4 is 55.1 Å². The molecule has 0 unspecified atom stereocenters. The molecule has 0 spiro atoms. The quantitative estimate of drug-likeness (QED) is 0.111.